The van der Waals surface area contributed by atoms with E-state index in [1.54, 1.807) is 25.3 Å². The third-order valence-electron chi connectivity index (χ3n) is 4.51. The molecule has 0 spiro atoms. The van der Waals surface area contributed by atoms with Gasteiger partial charge >= 0.3 is 0 Å². The first kappa shape index (κ1) is 18.5. The van der Waals surface area contributed by atoms with Gasteiger partial charge in [0.05, 0.1) is 19.7 Å². The van der Waals surface area contributed by atoms with Crippen LogP contribution >= 0.6 is 0 Å². The number of benzene rings is 2. The predicted octanol–water partition coefficient (Wildman–Crippen LogP) is 4.57. The zero-order chi connectivity index (χ0) is 18.6. The largest absolute Gasteiger partial charge is 0.496 e. The molecule has 2 aromatic rings. The molecule has 1 N–H and O–H groups in total. The van der Waals surface area contributed by atoms with Gasteiger partial charge in [-0.1, -0.05) is 42.5 Å². The van der Waals surface area contributed by atoms with Crippen LogP contribution in [0.4, 0.5) is 8.78 Å². The Morgan fingerprint density at radius 1 is 1.19 bits per heavy atom. The van der Waals surface area contributed by atoms with Crippen LogP contribution in [0.3, 0.4) is 0 Å². The molecule has 0 unspecified atom stereocenters. The lowest BCUT2D eigenvalue weighted by Crippen LogP contribution is -2.17. The summed E-state index contributed by atoms with van der Waals surface area (Å²) in [6.07, 6.45) is 0.601. The van der Waals surface area contributed by atoms with Crippen LogP contribution in [-0.4, -0.2) is 25.3 Å². The molecule has 1 atom stereocenters. The molecule has 0 radical (unpaired) electrons. The molecule has 1 saturated heterocycles. The van der Waals surface area contributed by atoms with Gasteiger partial charge in [-0.2, -0.15) is 0 Å². The molecule has 2 aromatic carbocycles. The van der Waals surface area contributed by atoms with Crippen LogP contribution in [0, 0.1) is 0 Å². The number of hydrogen-bond acceptors (Lipinski definition) is 3. The van der Waals surface area contributed by atoms with E-state index in [2.05, 4.69) is 17.4 Å². The highest BCUT2D eigenvalue weighted by atomic mass is 19.3. The van der Waals surface area contributed by atoms with E-state index < -0.39 is 5.92 Å². The summed E-state index contributed by atoms with van der Waals surface area (Å²) in [5.74, 6) is -2.05. The number of nitrogens with zero attached hydrogens (tertiary/aromatic N) is 1. The van der Waals surface area contributed by atoms with E-state index in [0.717, 1.165) is 31.2 Å². The van der Waals surface area contributed by atoms with Crippen molar-refractivity contribution in [1.29, 1.82) is 0 Å². The van der Waals surface area contributed by atoms with Crippen LogP contribution < -0.4 is 10.1 Å². The Labute approximate surface area is 153 Å². The maximum atomic E-state index is 13.3. The second-order valence-electron chi connectivity index (χ2n) is 6.75. The zero-order valence-electron chi connectivity index (χ0n) is 15.1. The Kier molecular flexibility index (Phi) is 5.67. The summed E-state index contributed by atoms with van der Waals surface area (Å²) in [6.45, 7) is 2.25. The van der Waals surface area contributed by atoms with Gasteiger partial charge in [0.2, 0.25) is 5.92 Å². The van der Waals surface area contributed by atoms with Gasteiger partial charge in [0, 0.05) is 24.2 Å². The van der Waals surface area contributed by atoms with Crippen molar-refractivity contribution in [2.24, 2.45) is 4.99 Å². The van der Waals surface area contributed by atoms with Gasteiger partial charge in [0.1, 0.15) is 5.75 Å². The molecule has 1 heterocycles. The van der Waals surface area contributed by atoms with Crippen molar-refractivity contribution in [1.82, 2.24) is 5.32 Å². The van der Waals surface area contributed by atoms with Crippen LogP contribution in [0.15, 0.2) is 53.5 Å². The average Bonchev–Trinajstić information content (AvgIpc) is 3.08. The molecule has 1 aliphatic heterocycles. The first-order chi connectivity index (χ1) is 12.5. The lowest BCUT2D eigenvalue weighted by atomic mass is 10.0. The van der Waals surface area contributed by atoms with Crippen molar-refractivity contribution < 1.29 is 13.5 Å². The van der Waals surface area contributed by atoms with Gasteiger partial charge in [0.25, 0.3) is 0 Å². The molecule has 5 heteroatoms. The molecular weight excluding hydrogens is 334 g/mol. The number of alkyl halides is 2. The Morgan fingerprint density at radius 3 is 2.65 bits per heavy atom. The van der Waals surface area contributed by atoms with Gasteiger partial charge in [-0.05, 0) is 30.5 Å². The molecule has 26 heavy (non-hydrogen) atoms. The minimum atomic E-state index is -2.73. The molecule has 0 saturated carbocycles. The van der Waals surface area contributed by atoms with Gasteiger partial charge in [-0.15, -0.1) is 0 Å². The molecular formula is C21H24F2N2O. The lowest BCUT2D eigenvalue weighted by molar-refractivity contribution is 0.0226. The van der Waals surface area contributed by atoms with Crippen LogP contribution in [0.25, 0.3) is 0 Å². The SMILES string of the molecule is COc1ccc(CC(C)(F)F)cc1CN=C1CCN[C@H]1c1ccccc1. The first-order valence-corrected chi connectivity index (χ1v) is 8.81. The molecule has 0 aliphatic carbocycles. The zero-order valence-corrected chi connectivity index (χ0v) is 15.1. The normalized spacial score (nSPS) is 19.1. The molecule has 3 nitrogen and oxygen atoms in total. The Hall–Kier alpha value is -2.27. The summed E-state index contributed by atoms with van der Waals surface area (Å²) >= 11 is 0. The van der Waals surface area contributed by atoms with Crippen LogP contribution in [0.1, 0.15) is 36.1 Å². The van der Waals surface area contributed by atoms with Crippen LogP contribution in [0.2, 0.25) is 0 Å². The maximum Gasteiger partial charge on any atom is 0.249 e. The Bertz CT molecular complexity index is 769. The van der Waals surface area contributed by atoms with E-state index in [9.17, 15) is 8.78 Å². The molecule has 1 fully saturated rings. The van der Waals surface area contributed by atoms with Gasteiger partial charge < -0.3 is 10.1 Å². The van der Waals surface area contributed by atoms with Crippen LogP contribution in [0.5, 0.6) is 5.75 Å². The van der Waals surface area contributed by atoms with Crippen molar-refractivity contribution in [2.45, 2.75) is 38.3 Å². The van der Waals surface area contributed by atoms with E-state index in [4.69, 9.17) is 9.73 Å². The number of hydrogen-bond donors (Lipinski definition) is 1. The Balaban J connectivity index is 1.81. The quantitative estimate of drug-likeness (QED) is 0.821. The average molecular weight is 358 g/mol. The Morgan fingerprint density at radius 2 is 1.96 bits per heavy atom. The highest BCUT2D eigenvalue weighted by molar-refractivity contribution is 5.92. The molecule has 0 aromatic heterocycles. The number of aliphatic imine (C=N–C) groups is 1. The van der Waals surface area contributed by atoms with Crippen molar-refractivity contribution in [3.05, 3.63) is 65.2 Å². The fourth-order valence-corrected chi connectivity index (χ4v) is 3.34. The van der Waals surface area contributed by atoms with E-state index >= 15 is 0 Å². The van der Waals surface area contributed by atoms with Crippen molar-refractivity contribution in [2.75, 3.05) is 13.7 Å². The summed E-state index contributed by atoms with van der Waals surface area (Å²) in [5, 5.41) is 3.47. The van der Waals surface area contributed by atoms with E-state index in [-0.39, 0.29) is 12.5 Å². The minimum absolute atomic E-state index is 0.116. The molecule has 3 rings (SSSR count). The first-order valence-electron chi connectivity index (χ1n) is 8.81. The molecule has 0 bridgehead atoms. The molecule has 1 aliphatic rings. The highest BCUT2D eigenvalue weighted by Gasteiger charge is 2.24. The van der Waals surface area contributed by atoms with Gasteiger partial charge in [-0.25, -0.2) is 8.78 Å². The van der Waals surface area contributed by atoms with Gasteiger partial charge in [-0.3, -0.25) is 4.99 Å². The third-order valence-corrected chi connectivity index (χ3v) is 4.51. The van der Waals surface area contributed by atoms with E-state index in [0.29, 0.717) is 17.9 Å². The van der Waals surface area contributed by atoms with Crippen molar-refractivity contribution >= 4 is 5.71 Å². The minimum Gasteiger partial charge on any atom is -0.496 e. The van der Waals surface area contributed by atoms with Crippen molar-refractivity contribution in [3.63, 3.8) is 0 Å². The number of methoxy groups -OCH3 is 1. The summed E-state index contributed by atoms with van der Waals surface area (Å²) in [4.78, 5) is 4.78. The second kappa shape index (κ2) is 7.96. The number of ether oxygens (including phenoxy) is 1. The van der Waals surface area contributed by atoms with E-state index in [1.165, 1.54) is 5.56 Å². The highest BCUT2D eigenvalue weighted by Crippen LogP contribution is 2.27. The summed E-state index contributed by atoms with van der Waals surface area (Å²) in [6, 6.07) is 15.5. The number of rotatable bonds is 6. The summed E-state index contributed by atoms with van der Waals surface area (Å²) in [7, 11) is 1.59. The monoisotopic (exact) mass is 358 g/mol. The molecule has 0 amide bonds. The topological polar surface area (TPSA) is 33.6 Å². The number of halogens is 2. The lowest BCUT2D eigenvalue weighted by Gasteiger charge is -2.14. The van der Waals surface area contributed by atoms with Gasteiger partial charge in [0.15, 0.2) is 0 Å². The molecule has 138 valence electrons. The number of nitrogens with one attached hydrogen (secondary N) is 1. The second-order valence-corrected chi connectivity index (χ2v) is 6.75. The predicted molar refractivity (Wildman–Crippen MR) is 100 cm³/mol. The van der Waals surface area contributed by atoms with Crippen molar-refractivity contribution in [3.8, 4) is 5.75 Å². The third kappa shape index (κ3) is 4.67. The summed E-state index contributed by atoms with van der Waals surface area (Å²) in [5.41, 5.74) is 3.71. The van der Waals surface area contributed by atoms with E-state index in [1.807, 2.05) is 18.2 Å². The standard InChI is InChI=1S/C21H24F2N2O/c1-21(22,23)13-15-8-9-19(26-2)17(12-15)14-25-18-10-11-24-20(18)16-6-4-3-5-7-16/h3-9,12,20,24H,10-11,13-14H2,1-2H3/t20-/m0/s1. The maximum absolute atomic E-state index is 13.3. The fraction of sp³-hybridized carbons (Fsp3) is 0.381. The fourth-order valence-electron chi connectivity index (χ4n) is 3.34. The smallest absolute Gasteiger partial charge is 0.249 e. The summed E-state index contributed by atoms with van der Waals surface area (Å²) < 4.78 is 32.0. The van der Waals surface area contributed by atoms with Crippen LogP contribution in [-0.2, 0) is 13.0 Å².